The minimum absolute atomic E-state index is 0.0950. The molecule has 1 atom stereocenters. The first kappa shape index (κ1) is 22.1. The molecule has 1 heterocycles. The van der Waals surface area contributed by atoms with Crippen LogP contribution in [0.25, 0.3) is 0 Å². The van der Waals surface area contributed by atoms with Crippen LogP contribution in [0.4, 0.5) is 5.69 Å². The number of nitrogens with zero attached hydrogens (tertiary/aromatic N) is 3. The summed E-state index contributed by atoms with van der Waals surface area (Å²) in [6.45, 7) is 9.06. The molecule has 156 valence electrons. The number of aromatic nitrogens is 3. The Balaban J connectivity index is 2.43. The van der Waals surface area contributed by atoms with Gasteiger partial charge in [-0.2, -0.15) is 0 Å². The molecule has 0 saturated heterocycles. The smallest absolute Gasteiger partial charge is 0.361 e. The standard InChI is InChI=1S/C20H26N4O5/c1-6-15(18(25)21-14-11-12(4)9-10-13(14)5)24-17(20(27)29-8-3)16(22-23-24)19(26)28-7-2/h9-11,15H,6-8H2,1-5H3,(H,21,25)/t15-/m1/s1. The molecule has 0 unspecified atom stereocenters. The number of esters is 2. The second kappa shape index (κ2) is 9.81. The van der Waals surface area contributed by atoms with E-state index >= 15 is 0 Å². The van der Waals surface area contributed by atoms with Crippen molar-refractivity contribution in [1.29, 1.82) is 0 Å². The Morgan fingerprint density at radius 2 is 1.72 bits per heavy atom. The number of hydrogen-bond acceptors (Lipinski definition) is 7. The lowest BCUT2D eigenvalue weighted by Gasteiger charge is -2.18. The molecule has 29 heavy (non-hydrogen) atoms. The second-order valence-corrected chi connectivity index (χ2v) is 6.40. The maximum atomic E-state index is 13.0. The van der Waals surface area contributed by atoms with Gasteiger partial charge in [0.15, 0.2) is 5.69 Å². The summed E-state index contributed by atoms with van der Waals surface area (Å²) >= 11 is 0. The summed E-state index contributed by atoms with van der Waals surface area (Å²) in [7, 11) is 0. The molecule has 0 aliphatic heterocycles. The molecule has 1 aromatic heterocycles. The van der Waals surface area contributed by atoms with E-state index in [0.717, 1.165) is 15.8 Å². The van der Waals surface area contributed by atoms with Gasteiger partial charge in [-0.25, -0.2) is 14.3 Å². The number of nitrogens with one attached hydrogen (secondary N) is 1. The van der Waals surface area contributed by atoms with Gasteiger partial charge in [-0.15, -0.1) is 5.10 Å². The Hall–Kier alpha value is -3.23. The van der Waals surface area contributed by atoms with Crippen molar-refractivity contribution in [3.05, 3.63) is 40.7 Å². The summed E-state index contributed by atoms with van der Waals surface area (Å²) in [5.74, 6) is -1.97. The fraction of sp³-hybridized carbons (Fsp3) is 0.450. The van der Waals surface area contributed by atoms with E-state index in [4.69, 9.17) is 9.47 Å². The molecule has 9 heteroatoms. The molecule has 0 fully saturated rings. The summed E-state index contributed by atoms with van der Waals surface area (Å²) in [5.41, 5.74) is 2.08. The van der Waals surface area contributed by atoms with Crippen LogP contribution in [0.15, 0.2) is 18.2 Å². The third-order valence-corrected chi connectivity index (χ3v) is 4.27. The molecule has 0 aliphatic carbocycles. The lowest BCUT2D eigenvalue weighted by molar-refractivity contribution is -0.119. The minimum atomic E-state index is -0.870. The zero-order valence-electron chi connectivity index (χ0n) is 17.3. The van der Waals surface area contributed by atoms with Gasteiger partial charge in [0.1, 0.15) is 6.04 Å². The van der Waals surface area contributed by atoms with Gasteiger partial charge in [0.05, 0.1) is 13.2 Å². The van der Waals surface area contributed by atoms with Crippen molar-refractivity contribution < 1.29 is 23.9 Å². The zero-order chi connectivity index (χ0) is 21.6. The molecule has 2 aromatic rings. The van der Waals surface area contributed by atoms with Crippen LogP contribution in [0, 0.1) is 13.8 Å². The quantitative estimate of drug-likeness (QED) is 0.676. The predicted octanol–water partition coefficient (Wildman–Crippen LogP) is 2.84. The van der Waals surface area contributed by atoms with Crippen LogP contribution in [-0.4, -0.2) is 46.1 Å². The van der Waals surface area contributed by atoms with Crippen molar-refractivity contribution in [3.8, 4) is 0 Å². The number of carbonyl (C=O) groups excluding carboxylic acids is 3. The number of amides is 1. The van der Waals surface area contributed by atoms with Crippen molar-refractivity contribution in [2.75, 3.05) is 18.5 Å². The maximum absolute atomic E-state index is 13.0. The van der Waals surface area contributed by atoms with Crippen molar-refractivity contribution in [2.24, 2.45) is 0 Å². The molecule has 1 amide bonds. The molecular weight excluding hydrogens is 376 g/mol. The molecule has 0 aliphatic rings. The molecule has 9 nitrogen and oxygen atoms in total. The predicted molar refractivity (Wildman–Crippen MR) is 106 cm³/mol. The highest BCUT2D eigenvalue weighted by atomic mass is 16.5. The van der Waals surface area contributed by atoms with E-state index in [0.29, 0.717) is 12.1 Å². The number of benzene rings is 1. The van der Waals surface area contributed by atoms with E-state index in [1.54, 1.807) is 20.8 Å². The Kier molecular flexibility index (Phi) is 7.46. The highest BCUT2D eigenvalue weighted by molar-refractivity contribution is 6.01. The van der Waals surface area contributed by atoms with Gasteiger partial charge in [0.25, 0.3) is 0 Å². The van der Waals surface area contributed by atoms with Gasteiger partial charge in [-0.3, -0.25) is 4.79 Å². The molecular formula is C20H26N4O5. The highest BCUT2D eigenvalue weighted by Crippen LogP contribution is 2.22. The molecule has 0 bridgehead atoms. The van der Waals surface area contributed by atoms with Crippen LogP contribution in [0.3, 0.4) is 0 Å². The van der Waals surface area contributed by atoms with Gasteiger partial charge < -0.3 is 14.8 Å². The Bertz CT molecular complexity index is 906. The summed E-state index contributed by atoms with van der Waals surface area (Å²) in [4.78, 5) is 37.7. The van der Waals surface area contributed by atoms with Gasteiger partial charge in [-0.05, 0) is 51.3 Å². The largest absolute Gasteiger partial charge is 0.461 e. The number of rotatable bonds is 8. The zero-order valence-corrected chi connectivity index (χ0v) is 17.3. The Morgan fingerprint density at radius 1 is 1.07 bits per heavy atom. The number of anilines is 1. The van der Waals surface area contributed by atoms with E-state index < -0.39 is 18.0 Å². The molecule has 1 N–H and O–H groups in total. The van der Waals surface area contributed by atoms with Gasteiger partial charge in [0, 0.05) is 5.69 Å². The highest BCUT2D eigenvalue weighted by Gasteiger charge is 2.33. The minimum Gasteiger partial charge on any atom is -0.461 e. The fourth-order valence-corrected chi connectivity index (χ4v) is 2.79. The van der Waals surface area contributed by atoms with Gasteiger partial charge in [-0.1, -0.05) is 24.3 Å². The lowest BCUT2D eigenvalue weighted by atomic mass is 10.1. The Morgan fingerprint density at radius 3 is 2.34 bits per heavy atom. The van der Waals surface area contributed by atoms with Crippen molar-refractivity contribution in [1.82, 2.24) is 15.0 Å². The average Bonchev–Trinajstić information content (AvgIpc) is 3.10. The normalized spacial score (nSPS) is 11.6. The van der Waals surface area contributed by atoms with Crippen LogP contribution in [0.1, 0.15) is 65.3 Å². The maximum Gasteiger partial charge on any atom is 0.361 e. The monoisotopic (exact) mass is 402 g/mol. The van der Waals surface area contributed by atoms with Gasteiger partial charge >= 0.3 is 11.9 Å². The third-order valence-electron chi connectivity index (χ3n) is 4.27. The fourth-order valence-electron chi connectivity index (χ4n) is 2.79. The second-order valence-electron chi connectivity index (χ2n) is 6.40. The van der Waals surface area contributed by atoms with Crippen molar-refractivity contribution >= 4 is 23.5 Å². The SMILES string of the molecule is CCOC(=O)c1nnn([C@H](CC)C(=O)Nc2cc(C)ccc2C)c1C(=O)OCC. The van der Waals surface area contributed by atoms with E-state index in [9.17, 15) is 14.4 Å². The summed E-state index contributed by atoms with van der Waals surface area (Å²) in [6, 6.07) is 4.84. The number of ether oxygens (including phenoxy) is 2. The van der Waals surface area contributed by atoms with Crippen molar-refractivity contribution in [3.63, 3.8) is 0 Å². The number of carbonyl (C=O) groups is 3. The summed E-state index contributed by atoms with van der Waals surface area (Å²) in [5, 5.41) is 10.6. The van der Waals surface area contributed by atoms with Crippen LogP contribution in [0.2, 0.25) is 0 Å². The molecule has 0 radical (unpaired) electrons. The number of hydrogen-bond donors (Lipinski definition) is 1. The molecule has 1 aromatic carbocycles. The van der Waals surface area contributed by atoms with Crippen LogP contribution < -0.4 is 5.32 Å². The molecule has 0 spiro atoms. The molecule has 0 saturated carbocycles. The third kappa shape index (κ3) is 4.98. The summed E-state index contributed by atoms with van der Waals surface area (Å²) in [6.07, 6.45) is 0.314. The Labute approximate surface area is 169 Å². The first-order valence-electron chi connectivity index (χ1n) is 9.51. The van der Waals surface area contributed by atoms with Crippen LogP contribution in [0.5, 0.6) is 0 Å². The number of aryl methyl sites for hydroxylation is 2. The van der Waals surface area contributed by atoms with Gasteiger partial charge in [0.2, 0.25) is 11.6 Å². The first-order valence-corrected chi connectivity index (χ1v) is 9.51. The topological polar surface area (TPSA) is 112 Å². The van der Waals surface area contributed by atoms with Crippen LogP contribution >= 0.6 is 0 Å². The van der Waals surface area contributed by atoms with E-state index in [2.05, 4.69) is 15.6 Å². The van der Waals surface area contributed by atoms with E-state index in [1.807, 2.05) is 32.0 Å². The summed E-state index contributed by atoms with van der Waals surface area (Å²) < 4.78 is 11.1. The van der Waals surface area contributed by atoms with E-state index in [-0.39, 0.29) is 30.5 Å². The lowest BCUT2D eigenvalue weighted by Crippen LogP contribution is -2.30. The van der Waals surface area contributed by atoms with E-state index in [1.165, 1.54) is 0 Å². The van der Waals surface area contributed by atoms with Crippen LogP contribution in [-0.2, 0) is 14.3 Å². The first-order chi connectivity index (χ1) is 13.8. The molecule has 2 rings (SSSR count). The van der Waals surface area contributed by atoms with Crippen molar-refractivity contribution in [2.45, 2.75) is 47.1 Å². The average molecular weight is 402 g/mol.